The van der Waals surface area contributed by atoms with Crippen LogP contribution >= 0.6 is 0 Å². The normalized spacial score (nSPS) is 17.7. The highest BCUT2D eigenvalue weighted by Gasteiger charge is 2.50. The monoisotopic (exact) mass is 274 g/mol. The molecule has 1 fully saturated rings. The number of carbonyl (C=O) groups is 1. The second-order valence-corrected chi connectivity index (χ2v) is 4.65. The first-order chi connectivity index (χ1) is 8.81. The Labute approximate surface area is 108 Å². The topological polar surface area (TPSA) is 46.5 Å². The molecule has 0 unspecified atom stereocenters. The van der Waals surface area contributed by atoms with Gasteiger partial charge in [-0.1, -0.05) is 12.5 Å². The number of ether oxygens (including phenoxy) is 1. The van der Waals surface area contributed by atoms with Gasteiger partial charge in [-0.25, -0.2) is 0 Å². The van der Waals surface area contributed by atoms with E-state index >= 15 is 0 Å². The van der Waals surface area contributed by atoms with Crippen LogP contribution in [0, 0.1) is 0 Å². The molecule has 1 aromatic rings. The van der Waals surface area contributed by atoms with Crippen LogP contribution in [0.5, 0.6) is 5.75 Å². The number of benzene rings is 1. The Balaban J connectivity index is 2.60. The third kappa shape index (κ3) is 2.15. The maximum atomic E-state index is 13.1. The van der Waals surface area contributed by atoms with Gasteiger partial charge in [-0.2, -0.15) is 13.2 Å². The Morgan fingerprint density at radius 1 is 1.37 bits per heavy atom. The van der Waals surface area contributed by atoms with Crippen molar-refractivity contribution in [3.05, 3.63) is 29.3 Å². The van der Waals surface area contributed by atoms with Crippen LogP contribution in [0.3, 0.4) is 0 Å². The maximum Gasteiger partial charge on any atom is 0.416 e. The van der Waals surface area contributed by atoms with E-state index in [9.17, 15) is 23.1 Å². The molecule has 2 rings (SSSR count). The van der Waals surface area contributed by atoms with Crippen molar-refractivity contribution in [1.82, 2.24) is 0 Å². The summed E-state index contributed by atoms with van der Waals surface area (Å²) in [6.45, 7) is 0. The molecule has 6 heteroatoms. The fraction of sp³-hybridized carbons (Fsp3) is 0.462. The highest BCUT2D eigenvalue weighted by molar-refractivity contribution is 5.83. The number of halogens is 3. The van der Waals surface area contributed by atoms with Gasteiger partial charge in [0.05, 0.1) is 18.1 Å². The van der Waals surface area contributed by atoms with Crippen LogP contribution in [-0.2, 0) is 16.4 Å². The van der Waals surface area contributed by atoms with Gasteiger partial charge in [-0.15, -0.1) is 0 Å². The van der Waals surface area contributed by atoms with Crippen molar-refractivity contribution in [3.63, 3.8) is 0 Å². The van der Waals surface area contributed by atoms with Crippen LogP contribution in [0.25, 0.3) is 0 Å². The van der Waals surface area contributed by atoms with E-state index < -0.39 is 23.1 Å². The summed E-state index contributed by atoms with van der Waals surface area (Å²) in [6.07, 6.45) is -3.51. The number of carboxylic acids is 1. The van der Waals surface area contributed by atoms with Crippen LogP contribution in [0.4, 0.5) is 13.2 Å². The molecule has 0 saturated heterocycles. The lowest BCUT2D eigenvalue weighted by Crippen LogP contribution is -2.43. The van der Waals surface area contributed by atoms with Gasteiger partial charge in [0.2, 0.25) is 0 Å². The van der Waals surface area contributed by atoms with Crippen LogP contribution in [0.2, 0.25) is 0 Å². The maximum absolute atomic E-state index is 13.1. The van der Waals surface area contributed by atoms with Gasteiger partial charge in [-0.3, -0.25) is 4.79 Å². The SMILES string of the molecule is COc1ccc(C2(C(=O)O)CCC2)c(C(F)(F)F)c1. The Bertz CT molecular complexity index is 504. The molecule has 104 valence electrons. The molecule has 0 bridgehead atoms. The van der Waals surface area contributed by atoms with Gasteiger partial charge in [0.1, 0.15) is 5.75 Å². The van der Waals surface area contributed by atoms with Crippen molar-refractivity contribution in [3.8, 4) is 5.75 Å². The largest absolute Gasteiger partial charge is 0.497 e. The van der Waals surface area contributed by atoms with E-state index in [0.29, 0.717) is 6.42 Å². The van der Waals surface area contributed by atoms with E-state index in [-0.39, 0.29) is 24.2 Å². The predicted molar refractivity (Wildman–Crippen MR) is 61.2 cm³/mol. The molecule has 0 aromatic heterocycles. The summed E-state index contributed by atoms with van der Waals surface area (Å²) in [4.78, 5) is 11.3. The lowest BCUT2D eigenvalue weighted by Gasteiger charge is -2.39. The Kier molecular flexibility index (Phi) is 3.20. The standard InChI is InChI=1S/C13H13F3O3/c1-19-8-3-4-9(10(7-8)13(14,15)16)12(11(17)18)5-2-6-12/h3-4,7H,2,5-6H2,1H3,(H,17,18). The van der Waals surface area contributed by atoms with Crippen LogP contribution in [0.1, 0.15) is 30.4 Å². The summed E-state index contributed by atoms with van der Waals surface area (Å²) in [5.74, 6) is -1.13. The molecule has 1 aliphatic rings. The molecule has 0 aliphatic heterocycles. The lowest BCUT2D eigenvalue weighted by atomic mass is 9.63. The minimum atomic E-state index is -4.60. The highest BCUT2D eigenvalue weighted by Crippen LogP contribution is 2.49. The van der Waals surface area contributed by atoms with Crippen molar-refractivity contribution >= 4 is 5.97 Å². The van der Waals surface area contributed by atoms with Gasteiger partial charge in [0.25, 0.3) is 0 Å². The first kappa shape index (κ1) is 13.7. The molecule has 0 atom stereocenters. The molecule has 1 aromatic carbocycles. The first-order valence-corrected chi connectivity index (χ1v) is 5.80. The summed E-state index contributed by atoms with van der Waals surface area (Å²) < 4.78 is 44.0. The average Bonchev–Trinajstić information content (AvgIpc) is 2.26. The minimum Gasteiger partial charge on any atom is -0.497 e. The lowest BCUT2D eigenvalue weighted by molar-refractivity contribution is -0.149. The zero-order valence-corrected chi connectivity index (χ0v) is 10.3. The first-order valence-electron chi connectivity index (χ1n) is 5.80. The number of rotatable bonds is 3. The third-order valence-corrected chi connectivity index (χ3v) is 3.66. The predicted octanol–water partition coefficient (Wildman–Crippen LogP) is 3.22. The summed E-state index contributed by atoms with van der Waals surface area (Å²) in [5.41, 5.74) is -2.49. The molecule has 0 spiro atoms. The molecule has 0 amide bonds. The molecule has 0 radical (unpaired) electrons. The average molecular weight is 274 g/mol. The summed E-state index contributed by atoms with van der Waals surface area (Å²) in [5, 5.41) is 9.26. The Morgan fingerprint density at radius 3 is 2.37 bits per heavy atom. The number of methoxy groups -OCH3 is 1. The van der Waals surface area contributed by atoms with Crippen LogP contribution in [-0.4, -0.2) is 18.2 Å². The van der Waals surface area contributed by atoms with Gasteiger partial charge >= 0.3 is 12.1 Å². The highest BCUT2D eigenvalue weighted by atomic mass is 19.4. The molecule has 1 N–H and O–H groups in total. The van der Waals surface area contributed by atoms with Crippen molar-refractivity contribution < 1.29 is 27.8 Å². The Morgan fingerprint density at radius 2 is 2.00 bits per heavy atom. The molecule has 1 saturated carbocycles. The number of carboxylic acid groups (broad SMARTS) is 1. The number of alkyl halides is 3. The van der Waals surface area contributed by atoms with Gasteiger partial charge in [-0.05, 0) is 30.5 Å². The summed E-state index contributed by atoms with van der Waals surface area (Å²) in [7, 11) is 1.27. The number of aliphatic carboxylic acids is 1. The van der Waals surface area contributed by atoms with Crippen molar-refractivity contribution in [2.45, 2.75) is 30.9 Å². The zero-order chi connectivity index (χ0) is 14.3. The second kappa shape index (κ2) is 4.43. The molecule has 3 nitrogen and oxygen atoms in total. The van der Waals surface area contributed by atoms with E-state index in [0.717, 1.165) is 6.07 Å². The van der Waals surface area contributed by atoms with E-state index in [4.69, 9.17) is 4.74 Å². The van der Waals surface area contributed by atoms with Crippen LogP contribution in [0.15, 0.2) is 18.2 Å². The molecule has 19 heavy (non-hydrogen) atoms. The molecule has 1 aliphatic carbocycles. The van der Waals surface area contributed by atoms with Crippen molar-refractivity contribution in [2.24, 2.45) is 0 Å². The van der Waals surface area contributed by atoms with E-state index in [1.54, 1.807) is 0 Å². The fourth-order valence-electron chi connectivity index (χ4n) is 2.43. The summed E-state index contributed by atoms with van der Waals surface area (Å²) >= 11 is 0. The van der Waals surface area contributed by atoms with Gasteiger partial charge < -0.3 is 9.84 Å². The molecular weight excluding hydrogens is 261 g/mol. The third-order valence-electron chi connectivity index (χ3n) is 3.66. The number of hydrogen-bond donors (Lipinski definition) is 1. The second-order valence-electron chi connectivity index (χ2n) is 4.65. The van der Waals surface area contributed by atoms with Crippen molar-refractivity contribution in [1.29, 1.82) is 0 Å². The number of hydrogen-bond acceptors (Lipinski definition) is 2. The molecule has 0 heterocycles. The fourth-order valence-corrected chi connectivity index (χ4v) is 2.43. The Hall–Kier alpha value is -1.72. The van der Waals surface area contributed by atoms with Crippen LogP contribution < -0.4 is 4.74 Å². The van der Waals surface area contributed by atoms with Crippen molar-refractivity contribution in [2.75, 3.05) is 7.11 Å². The minimum absolute atomic E-state index is 0.0657. The van der Waals surface area contributed by atoms with Gasteiger partial charge in [0, 0.05) is 0 Å². The van der Waals surface area contributed by atoms with E-state index in [1.807, 2.05) is 0 Å². The smallest absolute Gasteiger partial charge is 0.416 e. The van der Waals surface area contributed by atoms with E-state index in [2.05, 4.69) is 0 Å². The van der Waals surface area contributed by atoms with E-state index in [1.165, 1.54) is 19.2 Å². The molecular formula is C13H13F3O3. The zero-order valence-electron chi connectivity index (χ0n) is 10.3. The quantitative estimate of drug-likeness (QED) is 0.920. The van der Waals surface area contributed by atoms with Gasteiger partial charge in [0.15, 0.2) is 0 Å². The summed E-state index contributed by atoms with van der Waals surface area (Å²) in [6, 6.07) is 3.45.